The van der Waals surface area contributed by atoms with Crippen LogP contribution in [0, 0.1) is 23.2 Å². The summed E-state index contributed by atoms with van der Waals surface area (Å²) in [5.41, 5.74) is 1.83. The topological polar surface area (TPSA) is 185 Å². The third-order valence-electron chi connectivity index (χ3n) is 7.24. The molecule has 37 heavy (non-hydrogen) atoms. The molecule has 0 bridgehead atoms. The summed E-state index contributed by atoms with van der Waals surface area (Å²) in [7, 11) is 2.00. The smallest absolute Gasteiger partial charge is 0.0413 e. The van der Waals surface area contributed by atoms with Crippen LogP contribution in [0.2, 0.25) is 0 Å². The Morgan fingerprint density at radius 3 is 2.35 bits per heavy atom. The average Bonchev–Trinajstić information content (AvgIpc) is 2.72. The largest absolute Gasteiger partial charge is 0.412 e. The van der Waals surface area contributed by atoms with E-state index in [-0.39, 0.29) is 34.8 Å². The lowest BCUT2D eigenvalue weighted by Crippen LogP contribution is -2.53. The standard InChI is InChI=1S/C26H42ClN3S.CH4.5H2O/c1-19(2)25(29-16-20-7-6-8-23(15-20)31-28-5)17-30-14-13-24(26(3,4)18-30)21-9-11-22(27)12-10-21;;;;;;/h6-9,11-12,19,21,23-25,28-29H,10,13-18H2,1-5H3;1H4;5*1H2/t21?,23?,24?,25-;;;;;;/m0....../s1. The first kappa shape index (κ1) is 43.3. The van der Waals surface area contributed by atoms with Crippen molar-refractivity contribution in [2.24, 2.45) is 23.2 Å². The Morgan fingerprint density at radius 1 is 1.14 bits per heavy atom. The number of nitrogens with zero attached hydrogens (tertiary/aromatic N) is 1. The number of hydrogen-bond donors (Lipinski definition) is 2. The van der Waals surface area contributed by atoms with E-state index in [1.54, 1.807) is 0 Å². The van der Waals surface area contributed by atoms with Gasteiger partial charge in [0.1, 0.15) is 0 Å². The molecular weight excluding hydrogens is 514 g/mol. The SMILES string of the molecule is C.CNSC1C=CC=C(CN[C@@H](CN2CCC(C3C=CC(Cl)=CC3)C(C)(C)C2)C(C)C)C1.O.O.O.O.O. The van der Waals surface area contributed by atoms with Gasteiger partial charge in [0.2, 0.25) is 0 Å². The molecule has 0 radical (unpaired) electrons. The number of piperidine rings is 1. The Bertz CT molecular complexity index is 731. The monoisotopic (exact) mass is 569 g/mol. The second-order valence-electron chi connectivity index (χ2n) is 10.5. The summed E-state index contributed by atoms with van der Waals surface area (Å²) in [4.78, 5) is 2.71. The van der Waals surface area contributed by atoms with Crippen molar-refractivity contribution in [2.45, 2.75) is 65.7 Å². The van der Waals surface area contributed by atoms with Crippen molar-refractivity contribution in [3.05, 3.63) is 47.1 Å². The van der Waals surface area contributed by atoms with Crippen LogP contribution < -0.4 is 10.0 Å². The molecule has 0 saturated carbocycles. The van der Waals surface area contributed by atoms with Crippen LogP contribution in [0.25, 0.3) is 0 Å². The van der Waals surface area contributed by atoms with Crippen LogP contribution in [-0.4, -0.2) is 76.8 Å². The molecule has 0 amide bonds. The second-order valence-corrected chi connectivity index (χ2v) is 12.2. The summed E-state index contributed by atoms with van der Waals surface area (Å²) < 4.78 is 3.23. The average molecular weight is 570 g/mol. The first-order valence-corrected chi connectivity index (χ1v) is 13.2. The Labute approximate surface area is 234 Å². The van der Waals surface area contributed by atoms with E-state index in [1.165, 1.54) is 25.1 Å². The van der Waals surface area contributed by atoms with Gasteiger partial charge < -0.3 is 37.6 Å². The molecule has 1 aliphatic heterocycles. The van der Waals surface area contributed by atoms with Gasteiger partial charge in [-0.3, -0.25) is 4.72 Å². The number of likely N-dealkylation sites (tertiary alicyclic amines) is 1. The van der Waals surface area contributed by atoms with E-state index in [4.69, 9.17) is 11.6 Å². The van der Waals surface area contributed by atoms with E-state index in [9.17, 15) is 0 Å². The molecule has 0 aromatic rings. The van der Waals surface area contributed by atoms with Gasteiger partial charge in [0.25, 0.3) is 0 Å². The van der Waals surface area contributed by atoms with E-state index in [2.05, 4.69) is 79.1 Å². The van der Waals surface area contributed by atoms with Gasteiger partial charge in [-0.15, -0.1) is 0 Å². The van der Waals surface area contributed by atoms with Gasteiger partial charge in [-0.2, -0.15) is 0 Å². The highest BCUT2D eigenvalue weighted by atomic mass is 35.5. The van der Waals surface area contributed by atoms with Gasteiger partial charge >= 0.3 is 0 Å². The molecule has 1 heterocycles. The fraction of sp³-hybridized carbons (Fsp3) is 0.704. The summed E-state index contributed by atoms with van der Waals surface area (Å²) >= 11 is 7.97. The van der Waals surface area contributed by atoms with Crippen molar-refractivity contribution in [3.8, 4) is 0 Å². The van der Waals surface area contributed by atoms with Crippen molar-refractivity contribution in [1.82, 2.24) is 14.9 Å². The van der Waals surface area contributed by atoms with Crippen molar-refractivity contribution >= 4 is 23.5 Å². The van der Waals surface area contributed by atoms with Crippen LogP contribution in [0.1, 0.15) is 54.4 Å². The summed E-state index contributed by atoms with van der Waals surface area (Å²) in [5.74, 6) is 1.98. The predicted octanol–water partition coefficient (Wildman–Crippen LogP) is 2.28. The van der Waals surface area contributed by atoms with Gasteiger partial charge in [-0.25, -0.2) is 0 Å². The lowest BCUT2D eigenvalue weighted by atomic mass is 9.66. The minimum Gasteiger partial charge on any atom is -0.412 e. The molecule has 0 aromatic carbocycles. The summed E-state index contributed by atoms with van der Waals surface area (Å²) in [6, 6.07) is 0.519. The normalized spacial score (nSPS) is 24.9. The van der Waals surface area contributed by atoms with E-state index in [1.807, 2.05) is 19.0 Å². The number of hydrogen-bond acceptors (Lipinski definition) is 4. The van der Waals surface area contributed by atoms with Gasteiger partial charge in [0.05, 0.1) is 0 Å². The molecule has 4 atom stereocenters. The Balaban J connectivity index is -0.000000907. The highest BCUT2D eigenvalue weighted by Gasteiger charge is 2.40. The maximum atomic E-state index is 6.16. The zero-order valence-corrected chi connectivity index (χ0v) is 24.1. The molecule has 2 aliphatic carbocycles. The molecule has 3 rings (SSSR count). The molecule has 10 heteroatoms. The molecule has 8 nitrogen and oxygen atoms in total. The molecule has 0 aromatic heterocycles. The molecule has 12 N–H and O–H groups in total. The third kappa shape index (κ3) is 12.8. The van der Waals surface area contributed by atoms with E-state index in [0.717, 1.165) is 36.9 Å². The first-order valence-electron chi connectivity index (χ1n) is 12.0. The van der Waals surface area contributed by atoms with Gasteiger partial charge in [0.15, 0.2) is 0 Å². The zero-order chi connectivity index (χ0) is 22.4. The molecule has 3 aliphatic rings. The maximum Gasteiger partial charge on any atom is 0.0413 e. The molecule has 1 saturated heterocycles. The van der Waals surface area contributed by atoms with E-state index >= 15 is 0 Å². The predicted molar refractivity (Wildman–Crippen MR) is 163 cm³/mol. The van der Waals surface area contributed by atoms with Crippen LogP contribution in [0.5, 0.6) is 0 Å². The molecule has 1 fully saturated rings. The van der Waals surface area contributed by atoms with Crippen LogP contribution in [0.4, 0.5) is 0 Å². The number of halogens is 1. The van der Waals surface area contributed by atoms with Gasteiger partial charge in [0, 0.05) is 36.0 Å². The maximum absolute atomic E-state index is 6.16. The first-order chi connectivity index (χ1) is 14.8. The lowest BCUT2D eigenvalue weighted by molar-refractivity contribution is 0.0254. The van der Waals surface area contributed by atoms with Crippen LogP contribution in [0.3, 0.4) is 0 Å². The number of rotatable bonds is 9. The highest BCUT2D eigenvalue weighted by molar-refractivity contribution is 7.98. The van der Waals surface area contributed by atoms with Crippen molar-refractivity contribution < 1.29 is 27.4 Å². The van der Waals surface area contributed by atoms with Gasteiger partial charge in [-0.05, 0) is 62.1 Å². The molecule has 3 unspecified atom stereocenters. The molecular formula is C27H56ClN3O5S. The van der Waals surface area contributed by atoms with Crippen LogP contribution in [0.15, 0.2) is 47.1 Å². The summed E-state index contributed by atoms with van der Waals surface area (Å²) in [6.07, 6.45) is 17.0. The van der Waals surface area contributed by atoms with Crippen LogP contribution >= 0.6 is 23.5 Å². The number of nitrogens with one attached hydrogen (secondary N) is 2. The van der Waals surface area contributed by atoms with Gasteiger partial charge in [-0.1, -0.05) is 94.6 Å². The van der Waals surface area contributed by atoms with E-state index in [0.29, 0.717) is 28.5 Å². The number of allylic oxidation sites excluding steroid dienone is 6. The summed E-state index contributed by atoms with van der Waals surface area (Å²) in [6.45, 7) is 14.2. The minimum absolute atomic E-state index is 0. The van der Waals surface area contributed by atoms with Crippen molar-refractivity contribution in [2.75, 3.05) is 33.2 Å². The van der Waals surface area contributed by atoms with Crippen molar-refractivity contribution in [3.63, 3.8) is 0 Å². The van der Waals surface area contributed by atoms with Crippen molar-refractivity contribution in [1.29, 1.82) is 0 Å². The fourth-order valence-electron chi connectivity index (χ4n) is 5.47. The van der Waals surface area contributed by atoms with E-state index < -0.39 is 0 Å². The Kier molecular flexibility index (Phi) is 23.7. The Morgan fingerprint density at radius 2 is 1.81 bits per heavy atom. The summed E-state index contributed by atoms with van der Waals surface area (Å²) in [5, 5.41) is 5.34. The second kappa shape index (κ2) is 20.2. The highest BCUT2D eigenvalue weighted by Crippen LogP contribution is 2.43. The molecule has 222 valence electrons. The zero-order valence-electron chi connectivity index (χ0n) is 22.5. The Hall–Kier alpha value is -0.720. The minimum atomic E-state index is 0. The lowest BCUT2D eigenvalue weighted by Gasteiger charge is -2.48. The van der Waals surface area contributed by atoms with Crippen LogP contribution in [-0.2, 0) is 0 Å². The third-order valence-corrected chi connectivity index (χ3v) is 8.38. The fourth-order valence-corrected chi connectivity index (χ4v) is 6.40. The molecule has 0 spiro atoms. The quantitative estimate of drug-likeness (QED) is 0.403.